The first kappa shape index (κ1) is 16.6. The molecule has 0 aromatic heterocycles. The smallest absolute Gasteiger partial charge is 0.269 e. The summed E-state index contributed by atoms with van der Waals surface area (Å²) in [6.45, 7) is 0. The lowest BCUT2D eigenvalue weighted by atomic mass is 10.1. The van der Waals surface area contributed by atoms with Gasteiger partial charge in [-0.05, 0) is 30.2 Å². The van der Waals surface area contributed by atoms with E-state index < -0.39 is 26.7 Å². The summed E-state index contributed by atoms with van der Waals surface area (Å²) in [5, 5.41) is 22.2. The van der Waals surface area contributed by atoms with Crippen molar-refractivity contribution in [1.82, 2.24) is 5.32 Å². The Bertz CT molecular complexity index is 806. The van der Waals surface area contributed by atoms with Crippen LogP contribution in [-0.2, 0) is 14.6 Å². The highest BCUT2D eigenvalue weighted by Crippen LogP contribution is 2.15. The minimum absolute atomic E-state index is 0.0197. The zero-order valence-electron chi connectivity index (χ0n) is 11.9. The Kier molecular flexibility index (Phi) is 4.76. The maximum atomic E-state index is 12.0. The van der Waals surface area contributed by atoms with Crippen LogP contribution in [0.2, 0.25) is 0 Å². The van der Waals surface area contributed by atoms with Crippen molar-refractivity contribution < 1.29 is 18.1 Å². The van der Waals surface area contributed by atoms with Crippen LogP contribution in [0, 0.1) is 21.4 Å². The Labute approximate surface area is 132 Å². The third-order valence-corrected chi connectivity index (χ3v) is 5.12. The molecule has 1 aliphatic heterocycles. The van der Waals surface area contributed by atoms with Gasteiger partial charge in [0.2, 0.25) is 0 Å². The van der Waals surface area contributed by atoms with Crippen molar-refractivity contribution in [3.8, 4) is 6.07 Å². The number of nitro groups is 1. The van der Waals surface area contributed by atoms with Gasteiger partial charge in [0.1, 0.15) is 11.6 Å². The molecule has 1 heterocycles. The molecule has 1 aliphatic rings. The standard InChI is InChI=1S/C14H13N3O5S/c15-8-11(7-10-1-3-13(4-2-10)17(19)20)14(18)16-12-5-6-23(21,22)9-12/h1-4,7,12H,5-6,9H2,(H,16,18)/b11-7+/t12-/m1/s1. The summed E-state index contributed by atoms with van der Waals surface area (Å²) in [7, 11) is -3.13. The SMILES string of the molecule is N#C/C(=C\c1ccc([N+](=O)[O-])cc1)C(=O)N[C@@H]1CCS(=O)(=O)C1. The fraction of sp³-hybridized carbons (Fsp3) is 0.286. The summed E-state index contributed by atoms with van der Waals surface area (Å²) < 4.78 is 22.7. The van der Waals surface area contributed by atoms with Crippen molar-refractivity contribution in [2.45, 2.75) is 12.5 Å². The molecule has 1 aromatic carbocycles. The molecule has 8 nitrogen and oxygen atoms in total. The quantitative estimate of drug-likeness (QED) is 0.375. The third kappa shape index (κ3) is 4.37. The van der Waals surface area contributed by atoms with Crippen LogP contribution in [0.1, 0.15) is 12.0 Å². The zero-order chi connectivity index (χ0) is 17.0. The molecule has 120 valence electrons. The van der Waals surface area contributed by atoms with Gasteiger partial charge in [-0.25, -0.2) is 8.42 Å². The van der Waals surface area contributed by atoms with Crippen molar-refractivity contribution in [2.24, 2.45) is 0 Å². The van der Waals surface area contributed by atoms with Gasteiger partial charge in [-0.15, -0.1) is 0 Å². The monoisotopic (exact) mass is 335 g/mol. The van der Waals surface area contributed by atoms with E-state index in [1.165, 1.54) is 30.3 Å². The molecule has 1 amide bonds. The number of nitrogens with one attached hydrogen (secondary N) is 1. The number of carbonyl (C=O) groups is 1. The number of hydrogen-bond donors (Lipinski definition) is 1. The van der Waals surface area contributed by atoms with Crippen LogP contribution < -0.4 is 5.32 Å². The van der Waals surface area contributed by atoms with Crippen LogP contribution >= 0.6 is 0 Å². The summed E-state index contributed by atoms with van der Waals surface area (Å²) in [5.41, 5.74) is 0.172. The third-order valence-electron chi connectivity index (χ3n) is 3.35. The fourth-order valence-corrected chi connectivity index (χ4v) is 3.85. The first-order valence-corrected chi connectivity index (χ1v) is 8.50. The van der Waals surface area contributed by atoms with E-state index in [1.807, 2.05) is 0 Å². The molecule has 0 spiro atoms. The summed E-state index contributed by atoms with van der Waals surface area (Å²) in [6.07, 6.45) is 1.62. The van der Waals surface area contributed by atoms with Crippen molar-refractivity contribution >= 4 is 27.5 Å². The van der Waals surface area contributed by atoms with Crippen LogP contribution in [0.25, 0.3) is 6.08 Å². The Morgan fingerprint density at radius 1 is 1.39 bits per heavy atom. The van der Waals surface area contributed by atoms with E-state index in [0.717, 1.165) is 0 Å². The number of nitrogens with zero attached hydrogens (tertiary/aromatic N) is 2. The second-order valence-electron chi connectivity index (χ2n) is 5.09. The van der Waals surface area contributed by atoms with E-state index in [-0.39, 0.29) is 22.8 Å². The minimum atomic E-state index is -3.13. The fourth-order valence-electron chi connectivity index (χ4n) is 2.18. The highest BCUT2D eigenvalue weighted by atomic mass is 32.2. The van der Waals surface area contributed by atoms with Gasteiger partial charge in [0.05, 0.1) is 16.4 Å². The molecule has 1 atom stereocenters. The van der Waals surface area contributed by atoms with Crippen molar-refractivity contribution in [2.75, 3.05) is 11.5 Å². The topological polar surface area (TPSA) is 130 Å². The molecule has 0 bridgehead atoms. The number of benzene rings is 1. The maximum Gasteiger partial charge on any atom is 0.269 e. The summed E-state index contributed by atoms with van der Waals surface area (Å²) in [5.74, 6) is -0.770. The largest absolute Gasteiger partial charge is 0.348 e. The van der Waals surface area contributed by atoms with Crippen molar-refractivity contribution in [3.05, 3.63) is 45.5 Å². The normalized spacial score (nSPS) is 19.8. The number of nitro benzene ring substituents is 1. The Balaban J connectivity index is 2.11. The highest BCUT2D eigenvalue weighted by Gasteiger charge is 2.29. The minimum Gasteiger partial charge on any atom is -0.348 e. The molecule has 0 aliphatic carbocycles. The molecule has 1 aromatic rings. The van der Waals surface area contributed by atoms with Gasteiger partial charge in [-0.2, -0.15) is 5.26 Å². The van der Waals surface area contributed by atoms with Gasteiger partial charge in [-0.3, -0.25) is 14.9 Å². The highest BCUT2D eigenvalue weighted by molar-refractivity contribution is 7.91. The summed E-state index contributed by atoms with van der Waals surface area (Å²) in [4.78, 5) is 22.0. The van der Waals surface area contributed by atoms with E-state index in [2.05, 4.69) is 5.32 Å². The lowest BCUT2D eigenvalue weighted by molar-refractivity contribution is -0.384. The number of nitriles is 1. The van der Waals surface area contributed by atoms with E-state index in [0.29, 0.717) is 12.0 Å². The van der Waals surface area contributed by atoms with Gasteiger partial charge < -0.3 is 5.32 Å². The number of rotatable bonds is 4. The molecule has 2 rings (SSSR count). The van der Waals surface area contributed by atoms with Gasteiger partial charge in [-0.1, -0.05) is 0 Å². The predicted octanol–water partition coefficient (Wildman–Crippen LogP) is 0.805. The average molecular weight is 335 g/mol. The van der Waals surface area contributed by atoms with Crippen LogP contribution in [0.5, 0.6) is 0 Å². The molecule has 0 unspecified atom stereocenters. The Morgan fingerprint density at radius 3 is 2.52 bits per heavy atom. The van der Waals surface area contributed by atoms with Gasteiger partial charge in [0.25, 0.3) is 11.6 Å². The Hall–Kier alpha value is -2.73. The molecular weight excluding hydrogens is 322 g/mol. The van der Waals surface area contributed by atoms with E-state index in [9.17, 15) is 23.3 Å². The molecular formula is C14H13N3O5S. The maximum absolute atomic E-state index is 12.0. The number of carbonyl (C=O) groups excluding carboxylic acids is 1. The van der Waals surface area contributed by atoms with Crippen LogP contribution in [0.4, 0.5) is 5.69 Å². The molecule has 1 N–H and O–H groups in total. The van der Waals surface area contributed by atoms with E-state index >= 15 is 0 Å². The Morgan fingerprint density at radius 2 is 2.04 bits per heavy atom. The average Bonchev–Trinajstić information content (AvgIpc) is 2.83. The van der Waals surface area contributed by atoms with Crippen LogP contribution in [0.15, 0.2) is 29.8 Å². The molecule has 1 fully saturated rings. The molecule has 9 heteroatoms. The van der Waals surface area contributed by atoms with Gasteiger partial charge >= 0.3 is 0 Å². The number of amides is 1. The second-order valence-corrected chi connectivity index (χ2v) is 7.32. The molecule has 0 saturated carbocycles. The lowest BCUT2D eigenvalue weighted by Crippen LogP contribution is -2.36. The van der Waals surface area contributed by atoms with E-state index in [4.69, 9.17) is 5.26 Å². The van der Waals surface area contributed by atoms with Crippen LogP contribution in [-0.4, -0.2) is 36.8 Å². The summed E-state index contributed by atoms with van der Waals surface area (Å²) >= 11 is 0. The van der Waals surface area contributed by atoms with Crippen molar-refractivity contribution in [1.29, 1.82) is 5.26 Å². The lowest BCUT2D eigenvalue weighted by Gasteiger charge is -2.09. The zero-order valence-corrected chi connectivity index (χ0v) is 12.7. The summed E-state index contributed by atoms with van der Waals surface area (Å²) in [6, 6.07) is 6.62. The first-order chi connectivity index (χ1) is 10.8. The molecule has 23 heavy (non-hydrogen) atoms. The van der Waals surface area contributed by atoms with Gasteiger partial charge in [0.15, 0.2) is 9.84 Å². The van der Waals surface area contributed by atoms with Crippen LogP contribution in [0.3, 0.4) is 0 Å². The first-order valence-electron chi connectivity index (χ1n) is 6.68. The van der Waals surface area contributed by atoms with E-state index in [1.54, 1.807) is 6.07 Å². The predicted molar refractivity (Wildman–Crippen MR) is 81.9 cm³/mol. The number of hydrogen-bond acceptors (Lipinski definition) is 6. The van der Waals surface area contributed by atoms with Gasteiger partial charge in [0, 0.05) is 18.2 Å². The number of sulfone groups is 1. The van der Waals surface area contributed by atoms with Crippen molar-refractivity contribution in [3.63, 3.8) is 0 Å². The molecule has 0 radical (unpaired) electrons. The number of non-ortho nitro benzene ring substituents is 1. The molecule has 1 saturated heterocycles. The second kappa shape index (κ2) is 6.58.